The van der Waals surface area contributed by atoms with Gasteiger partial charge < -0.3 is 15.4 Å². The largest absolute Gasteiger partial charge is 0.394 e. The summed E-state index contributed by atoms with van der Waals surface area (Å²) in [6, 6.07) is -0.763. The number of amides is 1. The molecule has 3 atom stereocenters. The Bertz CT molecular complexity index is 783. The number of carbonyl (C=O) groups is 1. The molecule has 1 heterocycles. The number of aryl methyl sites for hydroxylation is 1. The summed E-state index contributed by atoms with van der Waals surface area (Å²) >= 11 is 0. The van der Waals surface area contributed by atoms with Gasteiger partial charge in [-0.25, -0.2) is 4.79 Å². The van der Waals surface area contributed by atoms with Crippen LogP contribution in [0.5, 0.6) is 0 Å². The third-order valence-corrected chi connectivity index (χ3v) is 5.98. The number of aromatic nitrogens is 2. The minimum Gasteiger partial charge on any atom is -0.394 e. The van der Waals surface area contributed by atoms with Crippen molar-refractivity contribution in [3.63, 3.8) is 0 Å². The van der Waals surface area contributed by atoms with E-state index >= 15 is 0 Å². The smallest absolute Gasteiger partial charge is 0.325 e. The first-order valence-corrected chi connectivity index (χ1v) is 10.0. The van der Waals surface area contributed by atoms with Crippen molar-refractivity contribution in [2.45, 2.75) is 13.0 Å². The summed E-state index contributed by atoms with van der Waals surface area (Å²) in [6.07, 6.45) is 3.71. The fourth-order valence-electron chi connectivity index (χ4n) is 1.82. The lowest BCUT2D eigenvalue weighted by Gasteiger charge is -2.14. The molecule has 1 aromatic rings. The molecular formula is C13H19N3O6S2. The Morgan fingerprint density at radius 1 is 1.33 bits per heavy atom. The van der Waals surface area contributed by atoms with Gasteiger partial charge in [0.25, 0.3) is 5.56 Å². The molecule has 0 aliphatic rings. The number of hydrogen-bond donors (Lipinski definition) is 4. The molecule has 0 saturated heterocycles. The standard InChI is InChI=1S/C13H19N3O6S2/c1-8-10(12(19)16-13(20)14-8)3-4-11(18)15-9(5-17)6-24(22)7-23(2)21/h3-4,9,17H,5-7H2,1-2H3,(H,15,18)(H2,14,16,19,20)/b4-3+/t9-,23-,24+/m0/s1. The number of hydrogen-bond acceptors (Lipinski definition) is 6. The molecule has 134 valence electrons. The highest BCUT2D eigenvalue weighted by Crippen LogP contribution is 1.98. The number of H-pyrrole nitrogens is 2. The molecule has 0 unspecified atom stereocenters. The summed E-state index contributed by atoms with van der Waals surface area (Å²) < 4.78 is 22.7. The number of aliphatic hydroxyl groups is 1. The van der Waals surface area contributed by atoms with E-state index in [4.69, 9.17) is 0 Å². The van der Waals surface area contributed by atoms with Crippen LogP contribution in [0.4, 0.5) is 0 Å². The molecule has 11 heteroatoms. The lowest BCUT2D eigenvalue weighted by atomic mass is 10.2. The van der Waals surface area contributed by atoms with Gasteiger partial charge >= 0.3 is 5.69 Å². The van der Waals surface area contributed by atoms with Crippen LogP contribution in [0.3, 0.4) is 0 Å². The van der Waals surface area contributed by atoms with Crippen LogP contribution in [-0.4, -0.2) is 59.1 Å². The predicted octanol–water partition coefficient (Wildman–Crippen LogP) is -2.05. The van der Waals surface area contributed by atoms with Crippen molar-refractivity contribution in [2.75, 3.05) is 23.7 Å². The lowest BCUT2D eigenvalue weighted by molar-refractivity contribution is -0.117. The molecular weight excluding hydrogens is 358 g/mol. The van der Waals surface area contributed by atoms with E-state index in [1.165, 1.54) is 19.3 Å². The Labute approximate surface area is 142 Å². The molecule has 9 nitrogen and oxygen atoms in total. The van der Waals surface area contributed by atoms with Crippen LogP contribution in [0.15, 0.2) is 15.7 Å². The number of nitrogens with one attached hydrogen (secondary N) is 3. The maximum atomic E-state index is 11.8. The summed E-state index contributed by atoms with van der Waals surface area (Å²) in [5.41, 5.74) is -0.853. The van der Waals surface area contributed by atoms with E-state index in [0.29, 0.717) is 5.69 Å². The highest BCUT2D eigenvalue weighted by atomic mass is 32.2. The Morgan fingerprint density at radius 3 is 2.54 bits per heavy atom. The van der Waals surface area contributed by atoms with Gasteiger partial charge in [-0.15, -0.1) is 0 Å². The second-order valence-electron chi connectivity index (χ2n) is 4.97. The van der Waals surface area contributed by atoms with E-state index in [9.17, 15) is 27.9 Å². The van der Waals surface area contributed by atoms with Crippen molar-refractivity contribution in [1.82, 2.24) is 15.3 Å². The van der Waals surface area contributed by atoms with E-state index in [-0.39, 0.29) is 16.4 Å². The van der Waals surface area contributed by atoms with Crippen LogP contribution in [0, 0.1) is 6.92 Å². The second kappa shape index (κ2) is 9.45. The SMILES string of the molecule is Cc1[nH]c(=O)[nH]c(=O)c1/C=C/C(=O)N[C@@H](CO)C[S@@](=O)C[S@](C)=O. The van der Waals surface area contributed by atoms with Crippen LogP contribution >= 0.6 is 0 Å². The van der Waals surface area contributed by atoms with E-state index in [1.807, 2.05) is 4.98 Å². The molecule has 0 aliphatic carbocycles. The van der Waals surface area contributed by atoms with Crippen molar-refractivity contribution < 1.29 is 18.3 Å². The van der Waals surface area contributed by atoms with Gasteiger partial charge in [-0.2, -0.15) is 0 Å². The maximum absolute atomic E-state index is 11.8. The second-order valence-corrected chi connectivity index (χ2v) is 8.27. The van der Waals surface area contributed by atoms with Gasteiger partial charge in [0.15, 0.2) is 0 Å². The Balaban J connectivity index is 2.74. The van der Waals surface area contributed by atoms with Gasteiger partial charge in [-0.3, -0.25) is 23.0 Å². The Kier molecular flexibility index (Phi) is 7.95. The van der Waals surface area contributed by atoms with Gasteiger partial charge in [0.2, 0.25) is 5.91 Å². The van der Waals surface area contributed by atoms with Crippen molar-refractivity contribution >= 4 is 33.6 Å². The summed E-state index contributed by atoms with van der Waals surface area (Å²) in [5.74, 6) is -0.637. The molecule has 0 aliphatic heterocycles. The average molecular weight is 377 g/mol. The number of rotatable bonds is 8. The molecule has 0 aromatic carbocycles. The fraction of sp³-hybridized carbons (Fsp3) is 0.462. The van der Waals surface area contributed by atoms with Gasteiger partial charge in [-0.05, 0) is 13.0 Å². The average Bonchev–Trinajstić information content (AvgIpc) is 2.44. The normalized spacial score (nSPS) is 15.1. The highest BCUT2D eigenvalue weighted by Gasteiger charge is 2.14. The number of carbonyl (C=O) groups excluding carboxylic acids is 1. The molecule has 0 bridgehead atoms. The van der Waals surface area contributed by atoms with Crippen LogP contribution in [-0.2, 0) is 26.4 Å². The first-order valence-electron chi connectivity index (χ1n) is 6.80. The molecule has 1 rings (SSSR count). The van der Waals surface area contributed by atoms with Crippen molar-refractivity contribution in [3.8, 4) is 0 Å². The fourth-order valence-corrected chi connectivity index (χ4v) is 4.32. The molecule has 24 heavy (non-hydrogen) atoms. The Hall–Kier alpha value is -1.85. The van der Waals surface area contributed by atoms with Gasteiger partial charge in [0.05, 0.1) is 23.3 Å². The third-order valence-electron chi connectivity index (χ3n) is 2.83. The molecule has 1 amide bonds. The highest BCUT2D eigenvalue weighted by molar-refractivity contribution is 8.01. The van der Waals surface area contributed by atoms with Gasteiger partial charge in [0.1, 0.15) is 0 Å². The summed E-state index contributed by atoms with van der Waals surface area (Å²) in [4.78, 5) is 39.0. The molecule has 1 aromatic heterocycles. The minimum atomic E-state index is -1.44. The van der Waals surface area contributed by atoms with E-state index < -0.39 is 51.4 Å². The summed E-state index contributed by atoms with van der Waals surface area (Å²) in [6.45, 7) is 1.08. The number of aromatic amines is 2. The summed E-state index contributed by atoms with van der Waals surface area (Å²) in [7, 11) is -2.68. The van der Waals surface area contributed by atoms with Gasteiger partial charge in [-0.1, -0.05) is 0 Å². The van der Waals surface area contributed by atoms with Crippen molar-refractivity contribution in [1.29, 1.82) is 0 Å². The molecule has 0 spiro atoms. The van der Waals surface area contributed by atoms with Crippen LogP contribution in [0.1, 0.15) is 11.3 Å². The zero-order valence-electron chi connectivity index (χ0n) is 13.2. The van der Waals surface area contributed by atoms with Crippen molar-refractivity contribution in [3.05, 3.63) is 38.2 Å². The van der Waals surface area contributed by atoms with E-state index in [1.54, 1.807) is 0 Å². The molecule has 4 N–H and O–H groups in total. The molecule has 0 saturated carbocycles. The molecule has 0 fully saturated rings. The van der Waals surface area contributed by atoms with E-state index in [2.05, 4.69) is 10.3 Å². The monoisotopic (exact) mass is 377 g/mol. The summed E-state index contributed by atoms with van der Waals surface area (Å²) in [5, 5.41) is 11.6. The molecule has 0 radical (unpaired) electrons. The third kappa shape index (κ3) is 6.72. The lowest BCUT2D eigenvalue weighted by Crippen LogP contribution is -2.41. The quantitative estimate of drug-likeness (QED) is 0.383. The van der Waals surface area contributed by atoms with E-state index in [0.717, 1.165) is 6.08 Å². The number of aliphatic hydroxyl groups excluding tert-OH is 1. The zero-order valence-corrected chi connectivity index (χ0v) is 14.8. The van der Waals surface area contributed by atoms with Crippen molar-refractivity contribution in [2.24, 2.45) is 0 Å². The maximum Gasteiger partial charge on any atom is 0.325 e. The topological polar surface area (TPSA) is 149 Å². The zero-order chi connectivity index (χ0) is 18.3. The van der Waals surface area contributed by atoms with Crippen LogP contribution < -0.4 is 16.6 Å². The minimum absolute atomic E-state index is 0.0336. The van der Waals surface area contributed by atoms with Crippen LogP contribution in [0.25, 0.3) is 6.08 Å². The first kappa shape index (κ1) is 20.2. The first-order chi connectivity index (χ1) is 11.2. The van der Waals surface area contributed by atoms with Crippen LogP contribution in [0.2, 0.25) is 0 Å². The predicted molar refractivity (Wildman–Crippen MR) is 92.4 cm³/mol. The Morgan fingerprint density at radius 2 is 2.00 bits per heavy atom. The van der Waals surface area contributed by atoms with Gasteiger partial charge in [0, 0.05) is 45.4 Å².